The van der Waals surface area contributed by atoms with Crippen molar-refractivity contribution >= 4 is 50.6 Å². The van der Waals surface area contributed by atoms with Crippen LogP contribution in [0.4, 0.5) is 21.9 Å². The summed E-state index contributed by atoms with van der Waals surface area (Å²) in [5.41, 5.74) is 4.70. The number of carboxylic acid groups (broad SMARTS) is 1. The Morgan fingerprint density at radius 1 is 0.857 bits per heavy atom. The number of aliphatic hydroxyl groups excluding tert-OH is 1. The van der Waals surface area contributed by atoms with Crippen molar-refractivity contribution < 1.29 is 33.0 Å². The van der Waals surface area contributed by atoms with E-state index >= 15 is 0 Å². The van der Waals surface area contributed by atoms with Gasteiger partial charge in [-0.25, -0.2) is 18.0 Å². The van der Waals surface area contributed by atoms with Gasteiger partial charge in [-0.05, 0) is 97.0 Å². The molecule has 11 nitrogen and oxygen atoms in total. The molecule has 1 aliphatic rings. The Kier molecular flexibility index (Phi) is 11.1. The summed E-state index contributed by atoms with van der Waals surface area (Å²) >= 11 is 0. The maximum absolute atomic E-state index is 13.9. The van der Waals surface area contributed by atoms with Crippen molar-refractivity contribution in [3.63, 3.8) is 0 Å². The largest absolute Gasteiger partial charge is 0.479 e. The maximum Gasteiger partial charge on any atom is 0.334 e. The quantitative estimate of drug-likeness (QED) is 0.145. The van der Waals surface area contributed by atoms with E-state index < -0.39 is 40.6 Å². The lowest BCUT2D eigenvalue weighted by Gasteiger charge is -2.25. The first-order valence-corrected chi connectivity index (χ1v) is 17.3. The van der Waals surface area contributed by atoms with Gasteiger partial charge in [0.15, 0.2) is 6.10 Å². The smallest absolute Gasteiger partial charge is 0.334 e. The molecule has 0 heterocycles. The second-order valence-corrected chi connectivity index (χ2v) is 13.6. The second-order valence-electron chi connectivity index (χ2n) is 11.6. The van der Waals surface area contributed by atoms with E-state index in [-0.39, 0.29) is 22.7 Å². The van der Waals surface area contributed by atoms with E-state index in [0.717, 1.165) is 24.8 Å². The number of hydrogen-bond acceptors (Lipinski definition) is 6. The molecule has 49 heavy (non-hydrogen) atoms. The van der Waals surface area contributed by atoms with Gasteiger partial charge < -0.3 is 20.8 Å². The van der Waals surface area contributed by atoms with E-state index in [1.807, 2.05) is 24.3 Å². The summed E-state index contributed by atoms with van der Waals surface area (Å²) in [5.74, 6) is -1.99. The van der Waals surface area contributed by atoms with Gasteiger partial charge in [0.1, 0.15) is 0 Å². The Hall–Kier alpha value is -5.46. The molecule has 0 aromatic heterocycles. The molecule has 4 aromatic carbocycles. The number of carbonyl (C=O) groups excluding carboxylic acids is 2. The average Bonchev–Trinajstić information content (AvgIpc) is 3.13. The van der Waals surface area contributed by atoms with Crippen LogP contribution in [0.25, 0.3) is 5.57 Å². The monoisotopic (exact) mass is 682 g/mol. The number of para-hydroxylation sites is 1. The van der Waals surface area contributed by atoms with Gasteiger partial charge >= 0.3 is 12.0 Å². The standard InChI is InChI=1S/C37H38N4O7S/c1-40(31-12-6-3-7-13-31)49(47,48)33-14-8-11-30(23-33)39-37(46)41(32-21-19-28(20-22-32)27-9-4-2-5-10-27)25-26-15-17-29(18-16-26)35(43)38-24-34(42)36(44)45/h3,6-9,11-23,34,42H,2,4-5,10,24-25H2,1H3,(H,38,43)(H,39,46)(H,44,45)/t34-/m1/s1. The van der Waals surface area contributed by atoms with E-state index in [2.05, 4.69) is 16.7 Å². The number of benzene rings is 4. The molecular weight excluding hydrogens is 644 g/mol. The molecule has 0 aliphatic heterocycles. The van der Waals surface area contributed by atoms with Crippen LogP contribution in [0.3, 0.4) is 0 Å². The normalized spacial score (nSPS) is 13.5. The fourth-order valence-electron chi connectivity index (χ4n) is 5.42. The number of carboxylic acids is 1. The minimum absolute atomic E-state index is 0.0121. The molecule has 1 atom stereocenters. The van der Waals surface area contributed by atoms with Crippen molar-refractivity contribution in [2.75, 3.05) is 28.1 Å². The molecule has 3 amide bonds. The van der Waals surface area contributed by atoms with E-state index in [0.29, 0.717) is 16.9 Å². The molecule has 0 radical (unpaired) electrons. The molecule has 5 rings (SSSR count). The molecular formula is C37H38N4O7S. The summed E-state index contributed by atoms with van der Waals surface area (Å²) in [6.07, 6.45) is 4.87. The molecule has 254 valence electrons. The lowest BCUT2D eigenvalue weighted by molar-refractivity contribution is -0.146. The van der Waals surface area contributed by atoms with Gasteiger partial charge in [0.05, 0.1) is 23.7 Å². The summed E-state index contributed by atoms with van der Waals surface area (Å²) < 4.78 is 28.1. The number of anilines is 3. The van der Waals surface area contributed by atoms with Crippen LogP contribution in [-0.4, -0.2) is 56.2 Å². The van der Waals surface area contributed by atoms with Gasteiger partial charge in [0, 0.05) is 24.0 Å². The number of aliphatic carboxylic acids is 1. The summed E-state index contributed by atoms with van der Waals surface area (Å²) in [6.45, 7) is -0.329. The van der Waals surface area contributed by atoms with Gasteiger partial charge in [0.2, 0.25) is 0 Å². The molecule has 4 aromatic rings. The number of carbonyl (C=O) groups is 3. The van der Waals surface area contributed by atoms with Crippen molar-refractivity contribution in [3.05, 3.63) is 126 Å². The van der Waals surface area contributed by atoms with Crippen LogP contribution in [-0.2, 0) is 21.4 Å². The van der Waals surface area contributed by atoms with Crippen LogP contribution in [0.1, 0.15) is 47.2 Å². The van der Waals surface area contributed by atoms with Crippen molar-refractivity contribution in [1.82, 2.24) is 5.32 Å². The van der Waals surface area contributed by atoms with Gasteiger partial charge in [0.25, 0.3) is 15.9 Å². The fraction of sp³-hybridized carbons (Fsp3) is 0.216. The fourth-order valence-corrected chi connectivity index (χ4v) is 6.66. The zero-order chi connectivity index (χ0) is 35.0. The third-order valence-corrected chi connectivity index (χ3v) is 10.0. The third kappa shape index (κ3) is 8.72. The number of sulfonamides is 1. The van der Waals surface area contributed by atoms with Gasteiger partial charge in [-0.2, -0.15) is 0 Å². The third-order valence-electron chi connectivity index (χ3n) is 8.25. The van der Waals surface area contributed by atoms with Crippen molar-refractivity contribution in [1.29, 1.82) is 0 Å². The van der Waals surface area contributed by atoms with Gasteiger partial charge in [-0.3, -0.25) is 14.0 Å². The number of amides is 3. The molecule has 1 aliphatic carbocycles. The second kappa shape index (κ2) is 15.6. The van der Waals surface area contributed by atoms with Crippen LogP contribution in [0.15, 0.2) is 114 Å². The highest BCUT2D eigenvalue weighted by molar-refractivity contribution is 7.92. The Bertz CT molecular complexity index is 1930. The molecule has 0 saturated heterocycles. The van der Waals surface area contributed by atoms with Crippen LogP contribution >= 0.6 is 0 Å². The molecule has 0 spiro atoms. The van der Waals surface area contributed by atoms with Crippen LogP contribution in [0.2, 0.25) is 0 Å². The molecule has 12 heteroatoms. The first-order valence-electron chi connectivity index (χ1n) is 15.8. The highest BCUT2D eigenvalue weighted by atomic mass is 32.2. The Morgan fingerprint density at radius 3 is 2.22 bits per heavy atom. The summed E-state index contributed by atoms with van der Waals surface area (Å²) in [6, 6.07) is 28.4. The van der Waals surface area contributed by atoms with Crippen molar-refractivity contribution in [2.24, 2.45) is 0 Å². The number of nitrogens with zero attached hydrogens (tertiary/aromatic N) is 2. The average molecular weight is 683 g/mol. The Balaban J connectivity index is 1.38. The van der Waals surface area contributed by atoms with Gasteiger partial charge in [-0.15, -0.1) is 0 Å². The maximum atomic E-state index is 13.9. The Labute approximate surface area is 285 Å². The minimum Gasteiger partial charge on any atom is -0.479 e. The SMILES string of the molecule is CN(c1ccccc1)S(=O)(=O)c1cccc(NC(=O)N(Cc2ccc(C(=O)NC[C@@H](O)C(=O)O)cc2)c2ccc(C3=CCCCC3)cc2)c1. The highest BCUT2D eigenvalue weighted by Gasteiger charge is 2.23. The number of nitrogens with one attached hydrogen (secondary N) is 2. The predicted octanol–water partition coefficient (Wildman–Crippen LogP) is 5.88. The topological polar surface area (TPSA) is 156 Å². The number of hydrogen-bond donors (Lipinski definition) is 4. The lowest BCUT2D eigenvalue weighted by atomic mass is 9.93. The molecule has 0 bridgehead atoms. The Morgan fingerprint density at radius 2 is 1.57 bits per heavy atom. The minimum atomic E-state index is -3.92. The van der Waals surface area contributed by atoms with Crippen molar-refractivity contribution in [3.8, 4) is 0 Å². The van der Waals surface area contributed by atoms with E-state index in [4.69, 9.17) is 5.11 Å². The van der Waals surface area contributed by atoms with E-state index in [1.54, 1.807) is 66.7 Å². The van der Waals surface area contributed by atoms with Gasteiger partial charge in [-0.1, -0.05) is 54.6 Å². The number of rotatable bonds is 12. The van der Waals surface area contributed by atoms with E-state index in [9.17, 15) is 27.9 Å². The highest BCUT2D eigenvalue weighted by Crippen LogP contribution is 2.29. The zero-order valence-corrected chi connectivity index (χ0v) is 27.8. The van der Waals surface area contributed by atoms with Crippen LogP contribution in [0, 0.1) is 0 Å². The predicted molar refractivity (Wildman–Crippen MR) is 189 cm³/mol. The molecule has 0 fully saturated rings. The number of urea groups is 1. The van der Waals surface area contributed by atoms with Crippen LogP contribution in [0.5, 0.6) is 0 Å². The lowest BCUT2D eigenvalue weighted by Crippen LogP contribution is -2.36. The number of allylic oxidation sites excluding steroid dienone is 2. The summed E-state index contributed by atoms with van der Waals surface area (Å²) in [5, 5.41) is 23.5. The molecule has 4 N–H and O–H groups in total. The first-order chi connectivity index (χ1) is 23.5. The zero-order valence-electron chi connectivity index (χ0n) is 27.0. The number of aliphatic hydroxyl groups is 1. The summed E-state index contributed by atoms with van der Waals surface area (Å²) in [4.78, 5) is 38.8. The molecule has 0 saturated carbocycles. The van der Waals surface area contributed by atoms with Crippen LogP contribution < -0.4 is 19.8 Å². The summed E-state index contributed by atoms with van der Waals surface area (Å²) in [7, 11) is -2.45. The first kappa shape index (κ1) is 34.9. The van der Waals surface area contributed by atoms with E-state index in [1.165, 1.54) is 40.4 Å². The molecule has 0 unspecified atom stereocenters. The van der Waals surface area contributed by atoms with Crippen molar-refractivity contribution in [2.45, 2.75) is 43.2 Å².